The molecular weight excluding hydrogens is 249 g/mol. The summed E-state index contributed by atoms with van der Waals surface area (Å²) in [6.07, 6.45) is 2.82. The highest BCUT2D eigenvalue weighted by atomic mass is 19.1. The predicted molar refractivity (Wildman–Crippen MR) is 67.0 cm³/mol. The summed E-state index contributed by atoms with van der Waals surface area (Å²) in [7, 11) is 1.57. The van der Waals surface area contributed by atoms with Gasteiger partial charge in [-0.1, -0.05) is 6.07 Å². The fraction of sp³-hybridized carbons (Fsp3) is 0.154. The molecule has 0 aliphatic carbocycles. The number of aromatic nitrogens is 2. The van der Waals surface area contributed by atoms with Crippen LogP contribution in [0.15, 0.2) is 41.5 Å². The van der Waals surface area contributed by atoms with E-state index in [1.54, 1.807) is 13.1 Å². The molecule has 19 heavy (non-hydrogen) atoms. The second-order valence-corrected chi connectivity index (χ2v) is 4.04. The van der Waals surface area contributed by atoms with Crippen LogP contribution in [0.25, 0.3) is 0 Å². The van der Waals surface area contributed by atoms with E-state index in [9.17, 15) is 14.0 Å². The predicted octanol–water partition coefficient (Wildman–Crippen LogP) is 0.849. The minimum absolute atomic E-state index is 0.181. The molecular formula is C13H12FN3O2. The van der Waals surface area contributed by atoms with Crippen molar-refractivity contribution in [3.63, 3.8) is 0 Å². The first kappa shape index (κ1) is 12.9. The van der Waals surface area contributed by atoms with E-state index in [0.29, 0.717) is 11.1 Å². The van der Waals surface area contributed by atoms with Gasteiger partial charge in [0.2, 0.25) is 11.5 Å². The molecule has 0 saturated carbocycles. The fourth-order valence-electron chi connectivity index (χ4n) is 1.52. The topological polar surface area (TPSA) is 64.0 Å². The molecule has 0 aromatic carbocycles. The van der Waals surface area contributed by atoms with E-state index in [-0.39, 0.29) is 18.0 Å². The van der Waals surface area contributed by atoms with Gasteiger partial charge in [-0.25, -0.2) is 4.98 Å². The summed E-state index contributed by atoms with van der Waals surface area (Å²) in [5.74, 6) is -0.868. The minimum Gasteiger partial charge on any atom is -0.348 e. The van der Waals surface area contributed by atoms with E-state index in [2.05, 4.69) is 10.3 Å². The van der Waals surface area contributed by atoms with E-state index in [1.807, 2.05) is 0 Å². The van der Waals surface area contributed by atoms with Crippen LogP contribution < -0.4 is 10.9 Å². The number of rotatable bonds is 3. The number of nitrogens with one attached hydrogen (secondary N) is 1. The smallest absolute Gasteiger partial charge is 0.253 e. The minimum atomic E-state index is -0.562. The highest BCUT2D eigenvalue weighted by Crippen LogP contribution is 2.00. The molecule has 0 radical (unpaired) electrons. The molecule has 0 aliphatic heterocycles. The van der Waals surface area contributed by atoms with Crippen molar-refractivity contribution in [1.82, 2.24) is 14.9 Å². The number of nitrogens with zero attached hydrogens (tertiary/aromatic N) is 2. The Hall–Kier alpha value is -2.50. The van der Waals surface area contributed by atoms with Crippen molar-refractivity contribution in [2.75, 3.05) is 0 Å². The van der Waals surface area contributed by atoms with Gasteiger partial charge in [0.05, 0.1) is 5.56 Å². The molecule has 2 aromatic rings. The summed E-state index contributed by atoms with van der Waals surface area (Å²) in [5, 5.41) is 2.66. The number of halogens is 1. The second kappa shape index (κ2) is 5.43. The number of pyridine rings is 2. The summed E-state index contributed by atoms with van der Waals surface area (Å²) < 4.78 is 13.9. The standard InChI is InChI=1S/C13H12FN3O2/c1-17-8-10(3-5-12(17)18)13(19)16-7-9-2-4-11(14)15-6-9/h2-6,8H,7H2,1H3,(H,16,19). The van der Waals surface area contributed by atoms with Gasteiger partial charge < -0.3 is 9.88 Å². The molecule has 1 N–H and O–H groups in total. The average Bonchev–Trinajstić information content (AvgIpc) is 2.41. The van der Waals surface area contributed by atoms with Gasteiger partial charge in [-0.2, -0.15) is 4.39 Å². The molecule has 0 fully saturated rings. The Morgan fingerprint density at radius 2 is 2.16 bits per heavy atom. The van der Waals surface area contributed by atoms with Crippen molar-refractivity contribution >= 4 is 5.91 Å². The molecule has 0 saturated heterocycles. The van der Waals surface area contributed by atoms with Crippen molar-refractivity contribution in [1.29, 1.82) is 0 Å². The first-order chi connectivity index (χ1) is 9.06. The molecule has 0 unspecified atom stereocenters. The Kier molecular flexibility index (Phi) is 3.70. The van der Waals surface area contributed by atoms with Gasteiger partial charge in [0.1, 0.15) is 0 Å². The zero-order valence-electron chi connectivity index (χ0n) is 10.3. The van der Waals surface area contributed by atoms with E-state index in [1.165, 1.54) is 35.2 Å². The summed E-state index contributed by atoms with van der Waals surface area (Å²) >= 11 is 0. The molecule has 1 amide bonds. The molecule has 0 bridgehead atoms. The lowest BCUT2D eigenvalue weighted by molar-refractivity contribution is 0.0950. The van der Waals surface area contributed by atoms with Crippen LogP contribution >= 0.6 is 0 Å². The number of hydrogen-bond acceptors (Lipinski definition) is 3. The van der Waals surface area contributed by atoms with Crippen LogP contribution in [0, 0.1) is 5.95 Å². The molecule has 98 valence electrons. The van der Waals surface area contributed by atoms with E-state index >= 15 is 0 Å². The summed E-state index contributed by atoms with van der Waals surface area (Å²) in [6.45, 7) is 0.245. The molecule has 5 nitrogen and oxygen atoms in total. The summed E-state index contributed by atoms with van der Waals surface area (Å²) in [6, 6.07) is 5.56. The zero-order valence-corrected chi connectivity index (χ0v) is 10.3. The van der Waals surface area contributed by atoms with Crippen molar-refractivity contribution in [2.45, 2.75) is 6.54 Å². The van der Waals surface area contributed by atoms with Gasteiger partial charge in [-0.05, 0) is 17.7 Å². The van der Waals surface area contributed by atoms with Gasteiger partial charge in [-0.3, -0.25) is 9.59 Å². The fourth-order valence-corrected chi connectivity index (χ4v) is 1.52. The van der Waals surface area contributed by atoms with Crippen LogP contribution in [-0.4, -0.2) is 15.5 Å². The third-order valence-corrected chi connectivity index (χ3v) is 2.59. The van der Waals surface area contributed by atoms with Crippen molar-refractivity contribution in [3.8, 4) is 0 Å². The van der Waals surface area contributed by atoms with Crippen LogP contribution in [0.3, 0.4) is 0 Å². The average molecular weight is 261 g/mol. The molecule has 0 spiro atoms. The summed E-state index contributed by atoms with van der Waals surface area (Å²) in [4.78, 5) is 26.5. The highest BCUT2D eigenvalue weighted by Gasteiger charge is 2.06. The Morgan fingerprint density at radius 1 is 1.37 bits per heavy atom. The Balaban J connectivity index is 2.03. The van der Waals surface area contributed by atoms with Gasteiger partial charge in [0, 0.05) is 32.1 Å². The number of carbonyl (C=O) groups is 1. The lowest BCUT2D eigenvalue weighted by atomic mass is 10.2. The normalized spacial score (nSPS) is 10.2. The highest BCUT2D eigenvalue weighted by molar-refractivity contribution is 5.93. The molecule has 6 heteroatoms. The quantitative estimate of drug-likeness (QED) is 0.833. The lowest BCUT2D eigenvalue weighted by Crippen LogP contribution is -2.25. The number of hydrogen-bond donors (Lipinski definition) is 1. The lowest BCUT2D eigenvalue weighted by Gasteiger charge is -2.06. The SMILES string of the molecule is Cn1cc(C(=O)NCc2ccc(F)nc2)ccc1=O. The van der Waals surface area contributed by atoms with Crippen molar-refractivity contribution < 1.29 is 9.18 Å². The Labute approximate surface area is 108 Å². The van der Waals surface area contributed by atoms with Crippen LogP contribution in [0.4, 0.5) is 4.39 Å². The first-order valence-electron chi connectivity index (χ1n) is 5.61. The maximum Gasteiger partial charge on any atom is 0.253 e. The zero-order chi connectivity index (χ0) is 13.8. The van der Waals surface area contributed by atoms with Crippen LogP contribution in [0.1, 0.15) is 15.9 Å². The van der Waals surface area contributed by atoms with Gasteiger partial charge in [0.25, 0.3) is 5.91 Å². The van der Waals surface area contributed by atoms with Crippen LogP contribution in [-0.2, 0) is 13.6 Å². The molecule has 2 heterocycles. The van der Waals surface area contributed by atoms with Gasteiger partial charge >= 0.3 is 0 Å². The summed E-state index contributed by atoms with van der Waals surface area (Å²) in [5.41, 5.74) is 0.899. The van der Waals surface area contributed by atoms with Gasteiger partial charge in [-0.15, -0.1) is 0 Å². The maximum atomic E-state index is 12.6. The third-order valence-electron chi connectivity index (χ3n) is 2.59. The molecule has 0 aliphatic rings. The van der Waals surface area contributed by atoms with E-state index in [0.717, 1.165) is 0 Å². The second-order valence-electron chi connectivity index (χ2n) is 4.04. The maximum absolute atomic E-state index is 12.6. The van der Waals surface area contributed by atoms with Crippen LogP contribution in [0.2, 0.25) is 0 Å². The van der Waals surface area contributed by atoms with Crippen molar-refractivity contribution in [2.24, 2.45) is 7.05 Å². The van der Waals surface area contributed by atoms with Crippen molar-refractivity contribution in [3.05, 3.63) is 64.1 Å². The number of amides is 1. The van der Waals surface area contributed by atoms with Crippen LogP contribution in [0.5, 0.6) is 0 Å². The Bertz CT molecular complexity index is 650. The van der Waals surface area contributed by atoms with Gasteiger partial charge in [0.15, 0.2) is 0 Å². The number of aryl methyl sites for hydroxylation is 1. The van der Waals surface area contributed by atoms with E-state index < -0.39 is 5.95 Å². The Morgan fingerprint density at radius 3 is 2.79 bits per heavy atom. The monoisotopic (exact) mass is 261 g/mol. The first-order valence-corrected chi connectivity index (χ1v) is 5.61. The molecule has 0 atom stereocenters. The largest absolute Gasteiger partial charge is 0.348 e. The third kappa shape index (κ3) is 3.25. The number of carbonyl (C=O) groups excluding carboxylic acids is 1. The molecule has 2 rings (SSSR count). The van der Waals surface area contributed by atoms with E-state index in [4.69, 9.17) is 0 Å². The molecule has 2 aromatic heterocycles.